The Balaban J connectivity index is 1.86. The maximum Gasteiger partial charge on any atom is 0.325 e. The molecule has 24 heavy (non-hydrogen) atoms. The number of benzene rings is 1. The highest BCUT2D eigenvalue weighted by molar-refractivity contribution is 6.09. The number of urea groups is 1. The maximum absolute atomic E-state index is 12.7. The molecule has 4 amide bonds. The summed E-state index contributed by atoms with van der Waals surface area (Å²) < 4.78 is 5.72. The summed E-state index contributed by atoms with van der Waals surface area (Å²) in [7, 11) is 0. The largest absolute Gasteiger partial charge is 0.458 e. The van der Waals surface area contributed by atoms with Gasteiger partial charge < -0.3 is 15.1 Å². The summed E-state index contributed by atoms with van der Waals surface area (Å²) in [4.78, 5) is 37.5. The molecule has 0 unspecified atom stereocenters. The number of nitrogens with one attached hydrogen (secondary N) is 2. The lowest BCUT2D eigenvalue weighted by Crippen LogP contribution is -2.43. The molecular formula is C17H17N3O4. The van der Waals surface area contributed by atoms with Gasteiger partial charge in [0, 0.05) is 11.9 Å². The average Bonchev–Trinajstić information content (AvgIpc) is 3.09. The van der Waals surface area contributed by atoms with Gasteiger partial charge in [0.1, 0.15) is 17.9 Å². The molecule has 2 heterocycles. The zero-order valence-corrected chi connectivity index (χ0v) is 13.2. The van der Waals surface area contributed by atoms with Crippen LogP contribution in [0.25, 0.3) is 11.0 Å². The normalized spacial score (nSPS) is 20.3. The van der Waals surface area contributed by atoms with Crippen LogP contribution in [0.15, 0.2) is 47.4 Å². The van der Waals surface area contributed by atoms with Crippen molar-refractivity contribution in [1.29, 1.82) is 0 Å². The lowest BCUT2D eigenvalue weighted by molar-refractivity contribution is -0.135. The molecule has 3 rings (SSSR count). The number of hydrogen-bond acceptors (Lipinski definition) is 4. The van der Waals surface area contributed by atoms with Gasteiger partial charge in [-0.1, -0.05) is 24.3 Å². The third-order valence-electron chi connectivity index (χ3n) is 3.94. The van der Waals surface area contributed by atoms with Gasteiger partial charge in [-0.2, -0.15) is 0 Å². The van der Waals surface area contributed by atoms with Crippen LogP contribution in [0.1, 0.15) is 12.7 Å². The van der Waals surface area contributed by atoms with Gasteiger partial charge in [0.2, 0.25) is 5.91 Å². The average molecular weight is 327 g/mol. The molecule has 2 aromatic rings. The van der Waals surface area contributed by atoms with E-state index in [0.29, 0.717) is 11.3 Å². The molecule has 1 atom stereocenters. The van der Waals surface area contributed by atoms with Crippen LogP contribution in [-0.4, -0.2) is 35.8 Å². The van der Waals surface area contributed by atoms with E-state index < -0.39 is 23.4 Å². The first kappa shape index (κ1) is 15.8. The second kappa shape index (κ2) is 5.84. The van der Waals surface area contributed by atoms with Gasteiger partial charge in [0.15, 0.2) is 5.54 Å². The van der Waals surface area contributed by atoms with Crippen LogP contribution in [0.4, 0.5) is 4.79 Å². The van der Waals surface area contributed by atoms with Crippen molar-refractivity contribution in [1.82, 2.24) is 15.5 Å². The molecule has 1 aromatic heterocycles. The second-order valence-electron chi connectivity index (χ2n) is 5.69. The molecule has 124 valence electrons. The first-order chi connectivity index (χ1) is 11.5. The van der Waals surface area contributed by atoms with Crippen molar-refractivity contribution in [3.8, 4) is 0 Å². The van der Waals surface area contributed by atoms with Crippen molar-refractivity contribution in [2.75, 3.05) is 13.1 Å². The molecule has 7 heteroatoms. The standard InChI is InChI=1S/C17H17N3O4/c1-3-8-18-14(21)10-20-15(22)17(2,19-16(20)23)13-9-11-6-4-5-7-12(11)24-13/h3-7,9H,1,8,10H2,2H3,(H,18,21)(H,19,23)/t17-/m1/s1. The van der Waals surface area contributed by atoms with Crippen LogP contribution in [0, 0.1) is 0 Å². The molecule has 7 nitrogen and oxygen atoms in total. The fraction of sp³-hybridized carbons (Fsp3) is 0.235. The van der Waals surface area contributed by atoms with E-state index in [1.54, 1.807) is 19.1 Å². The number of furan rings is 1. The minimum Gasteiger partial charge on any atom is -0.458 e. The van der Waals surface area contributed by atoms with Crippen molar-refractivity contribution in [3.63, 3.8) is 0 Å². The third-order valence-corrected chi connectivity index (χ3v) is 3.94. The zero-order chi connectivity index (χ0) is 17.3. The van der Waals surface area contributed by atoms with Gasteiger partial charge >= 0.3 is 6.03 Å². The third kappa shape index (κ3) is 2.54. The van der Waals surface area contributed by atoms with E-state index in [1.165, 1.54) is 6.08 Å². The van der Waals surface area contributed by atoms with Crippen LogP contribution in [-0.2, 0) is 15.1 Å². The monoisotopic (exact) mass is 327 g/mol. The Bertz CT molecular complexity index is 808. The molecule has 2 N–H and O–H groups in total. The minimum atomic E-state index is -1.34. The van der Waals surface area contributed by atoms with Crippen LogP contribution in [0.2, 0.25) is 0 Å². The Labute approximate surface area is 138 Å². The Morgan fingerprint density at radius 2 is 2.17 bits per heavy atom. The van der Waals surface area contributed by atoms with Gasteiger partial charge in [-0.05, 0) is 19.1 Å². The topological polar surface area (TPSA) is 91.7 Å². The molecule has 1 aromatic carbocycles. The van der Waals surface area contributed by atoms with Crippen LogP contribution in [0.3, 0.4) is 0 Å². The first-order valence-electron chi connectivity index (χ1n) is 7.46. The van der Waals surface area contributed by atoms with E-state index in [4.69, 9.17) is 4.42 Å². The second-order valence-corrected chi connectivity index (χ2v) is 5.69. The van der Waals surface area contributed by atoms with E-state index in [-0.39, 0.29) is 13.1 Å². The fourth-order valence-corrected chi connectivity index (χ4v) is 2.62. The Hall–Kier alpha value is -3.09. The minimum absolute atomic E-state index is 0.267. The molecule has 1 saturated heterocycles. The van der Waals surface area contributed by atoms with Crippen molar-refractivity contribution in [3.05, 3.63) is 48.7 Å². The molecule has 0 saturated carbocycles. The quantitative estimate of drug-likeness (QED) is 0.643. The van der Waals surface area contributed by atoms with Crippen LogP contribution in [0.5, 0.6) is 0 Å². The molecule has 0 spiro atoms. The summed E-state index contributed by atoms with van der Waals surface area (Å²) in [6.45, 7) is 4.97. The molecule has 1 aliphatic rings. The van der Waals surface area contributed by atoms with Gasteiger partial charge in [-0.3, -0.25) is 14.5 Å². The summed E-state index contributed by atoms with van der Waals surface area (Å²) in [6, 6.07) is 8.40. The highest BCUT2D eigenvalue weighted by Gasteiger charge is 2.51. The van der Waals surface area contributed by atoms with Crippen molar-refractivity contribution >= 4 is 28.8 Å². The van der Waals surface area contributed by atoms with Gasteiger partial charge in [0.05, 0.1) is 0 Å². The zero-order valence-electron chi connectivity index (χ0n) is 13.2. The molecule has 0 bridgehead atoms. The van der Waals surface area contributed by atoms with Crippen molar-refractivity contribution in [2.24, 2.45) is 0 Å². The first-order valence-corrected chi connectivity index (χ1v) is 7.46. The molecule has 1 aliphatic heterocycles. The predicted molar refractivity (Wildman–Crippen MR) is 87.0 cm³/mol. The SMILES string of the molecule is C=CCNC(=O)CN1C(=O)N[C@](C)(c2cc3ccccc3o2)C1=O. The summed E-state index contributed by atoms with van der Waals surface area (Å²) in [5.41, 5.74) is -0.715. The van der Waals surface area contributed by atoms with Crippen LogP contribution >= 0.6 is 0 Å². The lowest BCUT2D eigenvalue weighted by atomic mass is 9.99. The Morgan fingerprint density at radius 3 is 2.88 bits per heavy atom. The number of nitrogens with zero attached hydrogens (tertiary/aromatic N) is 1. The summed E-state index contributed by atoms with van der Waals surface area (Å²) in [5.74, 6) is -0.636. The highest BCUT2D eigenvalue weighted by atomic mass is 16.3. The van der Waals surface area contributed by atoms with E-state index in [1.807, 2.05) is 18.2 Å². The Kier molecular flexibility index (Phi) is 3.84. The van der Waals surface area contributed by atoms with Crippen LogP contribution < -0.4 is 10.6 Å². The smallest absolute Gasteiger partial charge is 0.325 e. The molecule has 1 fully saturated rings. The summed E-state index contributed by atoms with van der Waals surface area (Å²) in [5, 5.41) is 5.98. The van der Waals surface area contributed by atoms with Gasteiger partial charge in [-0.25, -0.2) is 4.79 Å². The van der Waals surface area contributed by atoms with E-state index in [9.17, 15) is 14.4 Å². The Morgan fingerprint density at radius 1 is 1.42 bits per heavy atom. The highest BCUT2D eigenvalue weighted by Crippen LogP contribution is 2.32. The fourth-order valence-electron chi connectivity index (χ4n) is 2.62. The molecule has 0 radical (unpaired) electrons. The van der Waals surface area contributed by atoms with E-state index in [2.05, 4.69) is 17.2 Å². The number of fused-ring (bicyclic) bond motifs is 1. The number of para-hydroxylation sites is 1. The predicted octanol–water partition coefficient (Wildman–Crippen LogP) is 1.50. The van der Waals surface area contributed by atoms with Gasteiger partial charge in [0.25, 0.3) is 5.91 Å². The number of carbonyl (C=O) groups excluding carboxylic acids is 3. The van der Waals surface area contributed by atoms with E-state index >= 15 is 0 Å². The molecular weight excluding hydrogens is 310 g/mol. The number of amides is 4. The number of carbonyl (C=O) groups is 3. The van der Waals surface area contributed by atoms with Gasteiger partial charge in [-0.15, -0.1) is 6.58 Å². The van der Waals surface area contributed by atoms with Crippen molar-refractivity contribution in [2.45, 2.75) is 12.5 Å². The van der Waals surface area contributed by atoms with Crippen molar-refractivity contribution < 1.29 is 18.8 Å². The number of hydrogen-bond donors (Lipinski definition) is 2. The maximum atomic E-state index is 12.7. The number of rotatable bonds is 5. The summed E-state index contributed by atoms with van der Waals surface area (Å²) >= 11 is 0. The number of imide groups is 1. The van der Waals surface area contributed by atoms with E-state index in [0.717, 1.165) is 10.3 Å². The molecule has 0 aliphatic carbocycles. The summed E-state index contributed by atoms with van der Waals surface area (Å²) in [6.07, 6.45) is 1.52. The lowest BCUT2D eigenvalue weighted by Gasteiger charge is -2.18.